The van der Waals surface area contributed by atoms with E-state index in [9.17, 15) is 8.42 Å². The second kappa shape index (κ2) is 5.54. The van der Waals surface area contributed by atoms with Crippen LogP contribution in [0.3, 0.4) is 0 Å². The van der Waals surface area contributed by atoms with Crippen molar-refractivity contribution in [2.75, 3.05) is 10.5 Å². The van der Waals surface area contributed by atoms with Crippen LogP contribution in [-0.2, 0) is 15.8 Å². The number of anilines is 2. The Morgan fingerprint density at radius 3 is 2.58 bits per heavy atom. The van der Waals surface area contributed by atoms with Crippen LogP contribution >= 0.6 is 15.9 Å². The van der Waals surface area contributed by atoms with Gasteiger partial charge < -0.3 is 5.73 Å². The molecule has 0 aliphatic heterocycles. The summed E-state index contributed by atoms with van der Waals surface area (Å²) in [7, 11) is -3.57. The number of sulfonamides is 1. The number of hydrogen-bond donors (Lipinski definition) is 2. The molecule has 0 saturated carbocycles. The summed E-state index contributed by atoms with van der Waals surface area (Å²) in [5.41, 5.74) is 6.70. The van der Waals surface area contributed by atoms with Crippen LogP contribution in [-0.4, -0.2) is 18.4 Å². The first-order valence-corrected chi connectivity index (χ1v) is 7.72. The Labute approximate surface area is 119 Å². The average Bonchev–Trinajstić information content (AvgIpc) is 2.35. The van der Waals surface area contributed by atoms with Crippen LogP contribution in [0.2, 0.25) is 0 Å². The predicted octanol–water partition coefficient (Wildman–Crippen LogP) is 1.76. The topological polar surface area (TPSA) is 98.0 Å². The molecule has 2 rings (SSSR count). The molecule has 0 radical (unpaired) electrons. The Morgan fingerprint density at radius 1 is 1.21 bits per heavy atom. The molecule has 6 nitrogen and oxygen atoms in total. The lowest BCUT2D eigenvalue weighted by atomic mass is 10.2. The number of para-hydroxylation sites is 1. The number of rotatable bonds is 4. The second-order valence-corrected chi connectivity index (χ2v) is 6.32. The fraction of sp³-hybridized carbons (Fsp3) is 0.0909. The van der Waals surface area contributed by atoms with Gasteiger partial charge in [-0.2, -0.15) is 0 Å². The molecule has 0 aliphatic rings. The van der Waals surface area contributed by atoms with E-state index in [2.05, 4.69) is 30.6 Å². The van der Waals surface area contributed by atoms with Crippen molar-refractivity contribution >= 4 is 37.5 Å². The molecule has 2 aromatic rings. The van der Waals surface area contributed by atoms with Gasteiger partial charge in [0.05, 0.1) is 18.1 Å². The Bertz CT molecular complexity index is 673. The zero-order chi connectivity index (χ0) is 13.9. The molecule has 0 bridgehead atoms. The zero-order valence-electron chi connectivity index (χ0n) is 9.75. The molecule has 0 saturated heterocycles. The van der Waals surface area contributed by atoms with Gasteiger partial charge in [0.1, 0.15) is 4.60 Å². The van der Waals surface area contributed by atoms with Crippen LogP contribution in [0.1, 0.15) is 5.56 Å². The SMILES string of the molecule is Nc1ccccc1CS(=O)(=O)Nc1cnc(Br)cn1. The van der Waals surface area contributed by atoms with Crippen LogP contribution in [0, 0.1) is 0 Å². The minimum absolute atomic E-state index is 0.165. The van der Waals surface area contributed by atoms with Crippen LogP contribution in [0.5, 0.6) is 0 Å². The van der Waals surface area contributed by atoms with Crippen LogP contribution in [0.25, 0.3) is 0 Å². The van der Waals surface area contributed by atoms with Crippen molar-refractivity contribution in [3.63, 3.8) is 0 Å². The summed E-state index contributed by atoms with van der Waals surface area (Å²) in [6.07, 6.45) is 2.74. The van der Waals surface area contributed by atoms with Crippen molar-refractivity contribution in [1.29, 1.82) is 0 Å². The first kappa shape index (κ1) is 13.8. The maximum Gasteiger partial charge on any atom is 0.238 e. The third kappa shape index (κ3) is 3.90. The van der Waals surface area contributed by atoms with Crippen LogP contribution < -0.4 is 10.5 Å². The average molecular weight is 343 g/mol. The largest absolute Gasteiger partial charge is 0.398 e. The Hall–Kier alpha value is -1.67. The van der Waals surface area contributed by atoms with Crippen molar-refractivity contribution in [3.05, 3.63) is 46.8 Å². The monoisotopic (exact) mass is 342 g/mol. The molecule has 1 aromatic carbocycles. The number of nitrogens with two attached hydrogens (primary N) is 1. The summed E-state index contributed by atoms with van der Waals surface area (Å²) in [5, 5.41) is 0. The number of aromatic nitrogens is 2. The van der Waals surface area contributed by atoms with E-state index in [4.69, 9.17) is 5.73 Å². The molecular formula is C11H11BrN4O2S. The molecule has 1 aromatic heterocycles. The molecule has 0 fully saturated rings. The zero-order valence-corrected chi connectivity index (χ0v) is 12.1. The van der Waals surface area contributed by atoms with E-state index < -0.39 is 10.0 Å². The van der Waals surface area contributed by atoms with E-state index in [1.54, 1.807) is 24.3 Å². The van der Waals surface area contributed by atoms with Gasteiger partial charge >= 0.3 is 0 Å². The molecule has 0 atom stereocenters. The minimum atomic E-state index is -3.57. The molecular weight excluding hydrogens is 332 g/mol. The van der Waals surface area contributed by atoms with Gasteiger partial charge in [-0.25, -0.2) is 18.4 Å². The van der Waals surface area contributed by atoms with Gasteiger partial charge in [0, 0.05) is 5.69 Å². The maximum absolute atomic E-state index is 12.0. The number of nitrogens with one attached hydrogen (secondary N) is 1. The number of benzene rings is 1. The Morgan fingerprint density at radius 2 is 1.95 bits per heavy atom. The lowest BCUT2D eigenvalue weighted by molar-refractivity contribution is 0.600. The number of nitrogen functional groups attached to an aromatic ring is 1. The van der Waals surface area contributed by atoms with E-state index in [0.717, 1.165) is 0 Å². The first-order valence-electron chi connectivity index (χ1n) is 5.28. The van der Waals surface area contributed by atoms with Gasteiger partial charge in [-0.15, -0.1) is 0 Å². The maximum atomic E-state index is 12.0. The van der Waals surface area contributed by atoms with Crippen molar-refractivity contribution in [3.8, 4) is 0 Å². The Balaban J connectivity index is 2.15. The van der Waals surface area contributed by atoms with Gasteiger partial charge in [0.25, 0.3) is 0 Å². The molecule has 0 aliphatic carbocycles. The lowest BCUT2D eigenvalue weighted by Gasteiger charge is -2.08. The summed E-state index contributed by atoms with van der Waals surface area (Å²) in [4.78, 5) is 7.79. The smallest absolute Gasteiger partial charge is 0.238 e. The molecule has 3 N–H and O–H groups in total. The van der Waals surface area contributed by atoms with Gasteiger partial charge in [-0.3, -0.25) is 4.72 Å². The van der Waals surface area contributed by atoms with Crippen LogP contribution in [0.15, 0.2) is 41.3 Å². The molecule has 19 heavy (non-hydrogen) atoms. The first-order chi connectivity index (χ1) is 8.96. The number of nitrogens with zero attached hydrogens (tertiary/aromatic N) is 2. The Kier molecular flexibility index (Phi) is 4.01. The fourth-order valence-electron chi connectivity index (χ4n) is 1.43. The minimum Gasteiger partial charge on any atom is -0.398 e. The van der Waals surface area contributed by atoms with Crippen molar-refractivity contribution in [1.82, 2.24) is 9.97 Å². The number of halogens is 1. The molecule has 100 valence electrons. The van der Waals surface area contributed by atoms with Crippen molar-refractivity contribution < 1.29 is 8.42 Å². The van der Waals surface area contributed by atoms with E-state index in [-0.39, 0.29) is 11.6 Å². The summed E-state index contributed by atoms with van der Waals surface area (Å²) in [5.74, 6) is -0.0464. The highest BCUT2D eigenvalue weighted by Crippen LogP contribution is 2.16. The van der Waals surface area contributed by atoms with Crippen molar-refractivity contribution in [2.45, 2.75) is 5.75 Å². The normalized spacial score (nSPS) is 11.2. The summed E-state index contributed by atoms with van der Waals surface area (Å²) >= 11 is 3.12. The lowest BCUT2D eigenvalue weighted by Crippen LogP contribution is -2.16. The highest BCUT2D eigenvalue weighted by atomic mass is 79.9. The second-order valence-electron chi connectivity index (χ2n) is 3.78. The van der Waals surface area contributed by atoms with Crippen LogP contribution in [0.4, 0.5) is 11.5 Å². The molecule has 1 heterocycles. The number of hydrogen-bond acceptors (Lipinski definition) is 5. The van der Waals surface area contributed by atoms with Gasteiger partial charge in [-0.1, -0.05) is 18.2 Å². The summed E-state index contributed by atoms with van der Waals surface area (Å²) in [6, 6.07) is 6.81. The van der Waals surface area contributed by atoms with E-state index in [0.29, 0.717) is 15.9 Å². The van der Waals surface area contributed by atoms with Crippen molar-refractivity contribution in [2.24, 2.45) is 0 Å². The van der Waals surface area contributed by atoms with E-state index >= 15 is 0 Å². The third-order valence-corrected chi connectivity index (χ3v) is 3.90. The van der Waals surface area contributed by atoms with Gasteiger partial charge in [-0.05, 0) is 27.6 Å². The molecule has 0 spiro atoms. The van der Waals surface area contributed by atoms with Gasteiger partial charge in [0.15, 0.2) is 5.82 Å². The van der Waals surface area contributed by atoms with E-state index in [1.165, 1.54) is 12.4 Å². The molecule has 0 unspecified atom stereocenters. The van der Waals surface area contributed by atoms with E-state index in [1.807, 2.05) is 0 Å². The highest BCUT2D eigenvalue weighted by Gasteiger charge is 2.14. The van der Waals surface area contributed by atoms with Gasteiger partial charge in [0.2, 0.25) is 10.0 Å². The molecule has 8 heteroatoms. The predicted molar refractivity (Wildman–Crippen MR) is 76.8 cm³/mol. The standard InChI is InChI=1S/C11H11BrN4O2S/c12-10-5-15-11(6-14-10)16-19(17,18)7-8-3-1-2-4-9(8)13/h1-6H,7,13H2,(H,15,16). The third-order valence-electron chi connectivity index (χ3n) is 2.28. The quantitative estimate of drug-likeness (QED) is 0.825. The molecule has 0 amide bonds. The summed E-state index contributed by atoms with van der Waals surface area (Å²) < 4.78 is 26.8. The fourth-order valence-corrected chi connectivity index (χ4v) is 2.80. The highest BCUT2D eigenvalue weighted by molar-refractivity contribution is 9.10. The summed E-state index contributed by atoms with van der Waals surface area (Å²) in [6.45, 7) is 0.